The summed E-state index contributed by atoms with van der Waals surface area (Å²) < 4.78 is 10.6. The van der Waals surface area contributed by atoms with E-state index in [4.69, 9.17) is 9.47 Å². The second-order valence-electron chi connectivity index (χ2n) is 3.19. The number of carbonyl (C=O) groups is 1. The van der Waals surface area contributed by atoms with Gasteiger partial charge in [-0.25, -0.2) is 0 Å². The summed E-state index contributed by atoms with van der Waals surface area (Å²) in [5.74, 6) is 1.08. The minimum Gasteiger partial charge on any atom is -0.492 e. The minimum atomic E-state index is 0.479. The zero-order valence-corrected chi connectivity index (χ0v) is 9.60. The highest BCUT2D eigenvalue weighted by Gasteiger charge is 2.08. The van der Waals surface area contributed by atoms with Crippen molar-refractivity contribution in [2.24, 2.45) is 0 Å². The van der Waals surface area contributed by atoms with Crippen LogP contribution in [0.4, 0.5) is 0 Å². The van der Waals surface area contributed by atoms with Gasteiger partial charge in [-0.15, -0.1) is 0 Å². The van der Waals surface area contributed by atoms with Crippen LogP contribution in [0, 0.1) is 0 Å². The van der Waals surface area contributed by atoms with Crippen LogP contribution in [0.3, 0.4) is 0 Å². The Morgan fingerprint density at radius 3 is 2.75 bits per heavy atom. The summed E-state index contributed by atoms with van der Waals surface area (Å²) >= 11 is 0. The molecular weight excluding hydrogens is 204 g/mol. The molecule has 0 aliphatic heterocycles. The minimum absolute atomic E-state index is 0.479. The molecule has 0 atom stereocenters. The monoisotopic (exact) mass is 220 g/mol. The Bertz CT molecular complexity index is 369. The molecular formula is C13H16O3. The van der Waals surface area contributed by atoms with E-state index in [0.717, 1.165) is 12.7 Å². The van der Waals surface area contributed by atoms with Crippen LogP contribution < -0.4 is 9.47 Å². The maximum Gasteiger partial charge on any atom is 0.171 e. The van der Waals surface area contributed by atoms with Crippen molar-refractivity contribution >= 4 is 6.29 Å². The van der Waals surface area contributed by atoms with Crippen molar-refractivity contribution in [2.75, 3.05) is 13.7 Å². The molecule has 3 heteroatoms. The number of carbonyl (C=O) groups excluding carboxylic acids is 1. The van der Waals surface area contributed by atoms with E-state index in [-0.39, 0.29) is 0 Å². The summed E-state index contributed by atoms with van der Waals surface area (Å²) in [5, 5.41) is 0. The number of aldehydes is 1. The zero-order chi connectivity index (χ0) is 11.8. The molecule has 0 aliphatic carbocycles. The molecule has 0 saturated heterocycles. The first-order chi connectivity index (χ1) is 7.83. The lowest BCUT2D eigenvalue weighted by atomic mass is 10.2. The van der Waals surface area contributed by atoms with Gasteiger partial charge in [-0.05, 0) is 18.6 Å². The molecule has 3 nitrogen and oxygen atoms in total. The second-order valence-corrected chi connectivity index (χ2v) is 3.19. The fourth-order valence-electron chi connectivity index (χ4n) is 1.33. The van der Waals surface area contributed by atoms with Gasteiger partial charge in [0.25, 0.3) is 0 Å². The molecule has 1 rings (SSSR count). The predicted molar refractivity (Wildman–Crippen MR) is 63.3 cm³/mol. The highest BCUT2D eigenvalue weighted by Crippen LogP contribution is 2.29. The quantitative estimate of drug-likeness (QED) is 0.546. The van der Waals surface area contributed by atoms with Crippen LogP contribution in [0.2, 0.25) is 0 Å². The van der Waals surface area contributed by atoms with E-state index in [2.05, 4.69) is 6.92 Å². The molecule has 0 fully saturated rings. The van der Waals surface area contributed by atoms with E-state index in [1.54, 1.807) is 18.2 Å². The molecule has 0 spiro atoms. The first-order valence-electron chi connectivity index (χ1n) is 5.23. The Labute approximate surface area is 95.7 Å². The second kappa shape index (κ2) is 6.67. The number of methoxy groups -OCH3 is 1. The van der Waals surface area contributed by atoms with Crippen LogP contribution in [0.25, 0.3) is 0 Å². The number of ether oxygens (including phenoxy) is 2. The number of hydrogen-bond acceptors (Lipinski definition) is 3. The number of rotatable bonds is 6. The lowest BCUT2D eigenvalue weighted by molar-refractivity contribution is 0.112. The van der Waals surface area contributed by atoms with E-state index in [1.807, 2.05) is 12.2 Å². The molecule has 0 amide bonds. The summed E-state index contributed by atoms with van der Waals surface area (Å²) in [5.41, 5.74) is 0.500. The van der Waals surface area contributed by atoms with Crippen molar-refractivity contribution in [3.63, 3.8) is 0 Å². The fraction of sp³-hybridized carbons (Fsp3) is 0.308. The van der Waals surface area contributed by atoms with Crippen molar-refractivity contribution in [1.29, 1.82) is 0 Å². The van der Waals surface area contributed by atoms with Crippen LogP contribution in [-0.4, -0.2) is 20.0 Å². The Morgan fingerprint density at radius 2 is 2.12 bits per heavy atom. The van der Waals surface area contributed by atoms with Gasteiger partial charge in [-0.2, -0.15) is 0 Å². The van der Waals surface area contributed by atoms with Gasteiger partial charge in [0.05, 0.1) is 12.7 Å². The molecule has 0 radical (unpaired) electrons. The summed E-state index contributed by atoms with van der Waals surface area (Å²) in [6.45, 7) is 2.54. The molecule has 0 saturated carbocycles. The highest BCUT2D eigenvalue weighted by atomic mass is 16.5. The smallest absolute Gasteiger partial charge is 0.171 e. The van der Waals surface area contributed by atoms with Gasteiger partial charge in [-0.3, -0.25) is 4.79 Å². The lowest BCUT2D eigenvalue weighted by Crippen LogP contribution is -1.98. The molecule has 1 aromatic rings. The Balaban J connectivity index is 2.78. The fourth-order valence-corrected chi connectivity index (χ4v) is 1.33. The van der Waals surface area contributed by atoms with Gasteiger partial charge in [0.15, 0.2) is 17.8 Å². The van der Waals surface area contributed by atoms with E-state index >= 15 is 0 Å². The summed E-state index contributed by atoms with van der Waals surface area (Å²) in [6.07, 6.45) is 5.70. The molecule has 0 heterocycles. The molecule has 0 bridgehead atoms. The van der Waals surface area contributed by atoms with E-state index in [9.17, 15) is 4.79 Å². The largest absolute Gasteiger partial charge is 0.492 e. The Kier molecular flexibility index (Phi) is 5.12. The Hall–Kier alpha value is -1.77. The van der Waals surface area contributed by atoms with Gasteiger partial charge in [0.2, 0.25) is 0 Å². The number of allylic oxidation sites excluding steroid dienone is 1. The average Bonchev–Trinajstić information content (AvgIpc) is 2.34. The van der Waals surface area contributed by atoms with E-state index in [1.165, 1.54) is 7.11 Å². The molecule has 0 N–H and O–H groups in total. The number of benzene rings is 1. The zero-order valence-electron chi connectivity index (χ0n) is 9.60. The van der Waals surface area contributed by atoms with Crippen molar-refractivity contribution < 1.29 is 14.3 Å². The van der Waals surface area contributed by atoms with Crippen molar-refractivity contribution in [3.05, 3.63) is 35.9 Å². The number of hydrogen-bond donors (Lipinski definition) is 0. The third-order valence-electron chi connectivity index (χ3n) is 2.08. The first kappa shape index (κ1) is 12.3. The first-order valence-corrected chi connectivity index (χ1v) is 5.23. The molecule has 1 aromatic carbocycles. The van der Waals surface area contributed by atoms with Crippen molar-refractivity contribution in [1.82, 2.24) is 0 Å². The maximum absolute atomic E-state index is 10.8. The van der Waals surface area contributed by atoms with Gasteiger partial charge >= 0.3 is 0 Å². The highest BCUT2D eigenvalue weighted by molar-refractivity contribution is 5.81. The molecule has 0 aromatic heterocycles. The average molecular weight is 220 g/mol. The molecule has 0 unspecified atom stereocenters. The maximum atomic E-state index is 10.8. The standard InChI is InChI=1S/C13H16O3/c1-3-4-5-9-16-12-8-6-7-11(10-14)13(12)15-2/h4-8,10H,3,9H2,1-2H3. The van der Waals surface area contributed by atoms with Gasteiger partial charge < -0.3 is 9.47 Å². The number of para-hydroxylation sites is 1. The lowest BCUT2D eigenvalue weighted by Gasteiger charge is -2.10. The molecule has 0 aliphatic rings. The van der Waals surface area contributed by atoms with Crippen molar-refractivity contribution in [2.45, 2.75) is 13.3 Å². The normalized spacial score (nSPS) is 10.4. The predicted octanol–water partition coefficient (Wildman–Crippen LogP) is 2.85. The SMILES string of the molecule is CCC=CCOc1cccc(C=O)c1OC. The van der Waals surface area contributed by atoms with Gasteiger partial charge in [0.1, 0.15) is 6.61 Å². The van der Waals surface area contributed by atoms with Crippen LogP contribution in [0.1, 0.15) is 23.7 Å². The third kappa shape index (κ3) is 3.12. The topological polar surface area (TPSA) is 35.5 Å². The Morgan fingerprint density at radius 1 is 1.31 bits per heavy atom. The van der Waals surface area contributed by atoms with Gasteiger partial charge in [0, 0.05) is 0 Å². The van der Waals surface area contributed by atoms with E-state index in [0.29, 0.717) is 23.7 Å². The van der Waals surface area contributed by atoms with Crippen LogP contribution in [0.15, 0.2) is 30.4 Å². The third-order valence-corrected chi connectivity index (χ3v) is 2.08. The summed E-state index contributed by atoms with van der Waals surface area (Å²) in [7, 11) is 1.52. The molecule has 86 valence electrons. The van der Waals surface area contributed by atoms with Crippen LogP contribution in [-0.2, 0) is 0 Å². The van der Waals surface area contributed by atoms with Crippen LogP contribution in [0.5, 0.6) is 11.5 Å². The summed E-state index contributed by atoms with van der Waals surface area (Å²) in [4.78, 5) is 10.8. The molecule has 16 heavy (non-hydrogen) atoms. The van der Waals surface area contributed by atoms with Crippen molar-refractivity contribution in [3.8, 4) is 11.5 Å². The van der Waals surface area contributed by atoms with Crippen LogP contribution >= 0.6 is 0 Å². The summed E-state index contributed by atoms with van der Waals surface area (Å²) in [6, 6.07) is 5.25. The van der Waals surface area contributed by atoms with Gasteiger partial charge in [-0.1, -0.05) is 25.1 Å². The van der Waals surface area contributed by atoms with E-state index < -0.39 is 0 Å².